The number of carbonyl (C=O) groups excluding carboxylic acids is 1. The van der Waals surface area contributed by atoms with Crippen molar-refractivity contribution in [3.05, 3.63) is 75.7 Å². The number of piperidine rings is 1. The van der Waals surface area contributed by atoms with Crippen LogP contribution in [0.15, 0.2) is 54.6 Å². The fourth-order valence-corrected chi connectivity index (χ4v) is 4.50. The van der Waals surface area contributed by atoms with Crippen molar-refractivity contribution in [3.8, 4) is 0 Å². The van der Waals surface area contributed by atoms with Crippen LogP contribution >= 0.6 is 11.3 Å². The molecule has 1 saturated heterocycles. The summed E-state index contributed by atoms with van der Waals surface area (Å²) >= 11 is 1.38. The maximum atomic E-state index is 12.4. The molecule has 0 atom stereocenters. The van der Waals surface area contributed by atoms with Gasteiger partial charge in [0.25, 0.3) is 5.91 Å². The predicted octanol–water partition coefficient (Wildman–Crippen LogP) is 4.55. The molecule has 4 rings (SSSR count). The summed E-state index contributed by atoms with van der Waals surface area (Å²) in [5, 5.41) is 12.5. The maximum Gasteiger partial charge on any atom is 0.286 e. The minimum Gasteiger partial charge on any atom is -0.320 e. The third-order valence-electron chi connectivity index (χ3n) is 5.40. The molecule has 29 heavy (non-hydrogen) atoms. The molecule has 1 aromatic heterocycles. The van der Waals surface area contributed by atoms with E-state index < -0.39 is 0 Å². The standard InChI is InChI=1S/C23H26N4OS/c1-17-7-9-20(10-8-17)24-22(28)23-26-25-21(29-23)16-27-13-11-19(12-14-27)15-18-5-3-2-4-6-18/h2-10,19H,11-16H2,1H3,(H,24,28). The van der Waals surface area contributed by atoms with Gasteiger partial charge in [0.05, 0.1) is 6.54 Å². The summed E-state index contributed by atoms with van der Waals surface area (Å²) in [4.78, 5) is 14.8. The maximum absolute atomic E-state index is 12.4. The largest absolute Gasteiger partial charge is 0.320 e. The zero-order valence-corrected chi connectivity index (χ0v) is 17.5. The number of benzene rings is 2. The van der Waals surface area contributed by atoms with Crippen LogP contribution in [0.25, 0.3) is 0 Å². The van der Waals surface area contributed by atoms with E-state index in [4.69, 9.17) is 0 Å². The molecule has 1 amide bonds. The number of nitrogens with one attached hydrogen (secondary N) is 1. The van der Waals surface area contributed by atoms with Crippen LogP contribution in [0.3, 0.4) is 0 Å². The molecule has 5 nitrogen and oxygen atoms in total. The molecule has 0 spiro atoms. The van der Waals surface area contributed by atoms with E-state index in [0.29, 0.717) is 5.01 Å². The van der Waals surface area contributed by atoms with Gasteiger partial charge in [0.2, 0.25) is 5.01 Å². The highest BCUT2D eigenvalue weighted by molar-refractivity contribution is 7.13. The van der Waals surface area contributed by atoms with Crippen LogP contribution in [-0.2, 0) is 13.0 Å². The monoisotopic (exact) mass is 406 g/mol. The molecule has 3 aromatic rings. The Balaban J connectivity index is 1.26. The van der Waals surface area contributed by atoms with E-state index in [1.807, 2.05) is 31.2 Å². The zero-order chi connectivity index (χ0) is 20.1. The Morgan fingerprint density at radius 3 is 2.52 bits per heavy atom. The molecular weight excluding hydrogens is 380 g/mol. The minimum absolute atomic E-state index is 0.195. The van der Waals surface area contributed by atoms with Gasteiger partial charge in [0.1, 0.15) is 5.01 Å². The summed E-state index contributed by atoms with van der Waals surface area (Å²) in [5.41, 5.74) is 3.37. The number of aryl methyl sites for hydroxylation is 1. The molecular formula is C23H26N4OS. The van der Waals surface area contributed by atoms with E-state index in [2.05, 4.69) is 50.7 Å². The number of carbonyl (C=O) groups is 1. The molecule has 1 fully saturated rings. The third-order valence-corrected chi connectivity index (χ3v) is 6.31. The molecule has 0 radical (unpaired) electrons. The molecule has 2 aromatic carbocycles. The Labute approximate surface area is 175 Å². The second-order valence-electron chi connectivity index (χ2n) is 7.73. The molecule has 0 aliphatic carbocycles. The lowest BCUT2D eigenvalue weighted by Crippen LogP contribution is -2.33. The average Bonchev–Trinajstić information content (AvgIpc) is 3.21. The summed E-state index contributed by atoms with van der Waals surface area (Å²) in [6.07, 6.45) is 3.57. The van der Waals surface area contributed by atoms with Gasteiger partial charge in [0.15, 0.2) is 0 Å². The van der Waals surface area contributed by atoms with E-state index in [-0.39, 0.29) is 5.91 Å². The molecule has 6 heteroatoms. The first-order valence-electron chi connectivity index (χ1n) is 10.1. The van der Waals surface area contributed by atoms with Crippen LogP contribution in [-0.4, -0.2) is 34.1 Å². The Bertz CT molecular complexity index is 931. The summed E-state index contributed by atoms with van der Waals surface area (Å²) in [6.45, 7) is 4.94. The smallest absolute Gasteiger partial charge is 0.286 e. The molecule has 0 bridgehead atoms. The van der Waals surface area contributed by atoms with Gasteiger partial charge >= 0.3 is 0 Å². The van der Waals surface area contributed by atoms with Crippen LogP contribution in [0.5, 0.6) is 0 Å². The van der Waals surface area contributed by atoms with Crippen molar-refractivity contribution >= 4 is 22.9 Å². The summed E-state index contributed by atoms with van der Waals surface area (Å²) in [6, 6.07) is 18.5. The van der Waals surface area contributed by atoms with Crippen LogP contribution in [0, 0.1) is 12.8 Å². The first-order valence-corrected chi connectivity index (χ1v) is 10.9. The normalized spacial score (nSPS) is 15.3. The number of rotatable bonds is 6. The quantitative estimate of drug-likeness (QED) is 0.652. The van der Waals surface area contributed by atoms with Crippen LogP contribution < -0.4 is 5.32 Å². The van der Waals surface area contributed by atoms with Gasteiger partial charge in [-0.25, -0.2) is 0 Å². The first-order chi connectivity index (χ1) is 14.2. The van der Waals surface area contributed by atoms with Gasteiger partial charge in [-0.2, -0.15) is 0 Å². The van der Waals surface area contributed by atoms with Crippen molar-refractivity contribution in [1.82, 2.24) is 15.1 Å². The van der Waals surface area contributed by atoms with Gasteiger partial charge in [-0.3, -0.25) is 9.69 Å². The number of hydrogen-bond donors (Lipinski definition) is 1. The molecule has 0 unspecified atom stereocenters. The number of likely N-dealkylation sites (tertiary alicyclic amines) is 1. The molecule has 0 saturated carbocycles. The van der Waals surface area contributed by atoms with Gasteiger partial charge in [-0.15, -0.1) is 10.2 Å². The van der Waals surface area contributed by atoms with E-state index in [1.54, 1.807) is 0 Å². The fourth-order valence-electron chi connectivity index (χ4n) is 3.72. The van der Waals surface area contributed by atoms with Crippen molar-refractivity contribution in [2.45, 2.75) is 32.7 Å². The van der Waals surface area contributed by atoms with Crippen LogP contribution in [0.4, 0.5) is 5.69 Å². The van der Waals surface area contributed by atoms with Crippen molar-refractivity contribution < 1.29 is 4.79 Å². The van der Waals surface area contributed by atoms with Gasteiger partial charge in [-0.05, 0) is 62.9 Å². The Morgan fingerprint density at radius 2 is 1.79 bits per heavy atom. The van der Waals surface area contributed by atoms with E-state index in [9.17, 15) is 4.79 Å². The van der Waals surface area contributed by atoms with E-state index in [1.165, 1.54) is 29.7 Å². The summed E-state index contributed by atoms with van der Waals surface area (Å²) in [7, 11) is 0. The van der Waals surface area contributed by atoms with Crippen LogP contribution in [0.1, 0.15) is 38.8 Å². The summed E-state index contributed by atoms with van der Waals surface area (Å²) < 4.78 is 0. The van der Waals surface area contributed by atoms with Gasteiger partial charge in [-0.1, -0.05) is 59.4 Å². The molecule has 1 N–H and O–H groups in total. The third kappa shape index (κ3) is 5.49. The van der Waals surface area contributed by atoms with E-state index >= 15 is 0 Å². The lowest BCUT2D eigenvalue weighted by molar-refractivity contribution is 0.102. The molecule has 1 aliphatic rings. The Morgan fingerprint density at radius 1 is 1.07 bits per heavy atom. The predicted molar refractivity (Wildman–Crippen MR) is 117 cm³/mol. The number of hydrogen-bond acceptors (Lipinski definition) is 5. The van der Waals surface area contributed by atoms with Crippen molar-refractivity contribution in [3.63, 3.8) is 0 Å². The summed E-state index contributed by atoms with van der Waals surface area (Å²) in [5.74, 6) is 0.554. The highest BCUT2D eigenvalue weighted by Gasteiger charge is 2.21. The Kier molecular flexibility index (Phi) is 6.32. The number of amides is 1. The molecule has 2 heterocycles. The Hall–Kier alpha value is -2.57. The second-order valence-corrected chi connectivity index (χ2v) is 8.79. The lowest BCUT2D eigenvalue weighted by Gasteiger charge is -2.31. The van der Waals surface area contributed by atoms with Crippen LogP contribution in [0.2, 0.25) is 0 Å². The fraction of sp³-hybridized carbons (Fsp3) is 0.348. The van der Waals surface area contributed by atoms with Crippen molar-refractivity contribution in [2.24, 2.45) is 5.92 Å². The van der Waals surface area contributed by atoms with Crippen molar-refractivity contribution in [2.75, 3.05) is 18.4 Å². The highest BCUT2D eigenvalue weighted by Crippen LogP contribution is 2.23. The second kappa shape index (κ2) is 9.29. The van der Waals surface area contributed by atoms with Gasteiger partial charge in [0, 0.05) is 5.69 Å². The minimum atomic E-state index is -0.195. The zero-order valence-electron chi connectivity index (χ0n) is 16.7. The first kappa shape index (κ1) is 19.7. The van der Waals surface area contributed by atoms with E-state index in [0.717, 1.165) is 48.2 Å². The van der Waals surface area contributed by atoms with Crippen molar-refractivity contribution in [1.29, 1.82) is 0 Å². The van der Waals surface area contributed by atoms with Gasteiger partial charge < -0.3 is 5.32 Å². The number of nitrogens with zero attached hydrogens (tertiary/aromatic N) is 3. The highest BCUT2D eigenvalue weighted by atomic mass is 32.1. The topological polar surface area (TPSA) is 58.1 Å². The number of aromatic nitrogens is 2. The average molecular weight is 407 g/mol. The SMILES string of the molecule is Cc1ccc(NC(=O)c2nnc(CN3CCC(Cc4ccccc4)CC3)s2)cc1. The molecule has 1 aliphatic heterocycles. The molecule has 150 valence electrons. The number of anilines is 1. The lowest BCUT2D eigenvalue weighted by atomic mass is 9.90.